The van der Waals surface area contributed by atoms with Crippen LogP contribution in [0, 0.1) is 44.2 Å². The predicted molar refractivity (Wildman–Crippen MR) is 219 cm³/mol. The van der Waals surface area contributed by atoms with Gasteiger partial charge >= 0.3 is 17.8 Å². The quantitative estimate of drug-likeness (QED) is 0.0832. The zero-order chi connectivity index (χ0) is 46.7. The molecule has 0 fully saturated rings. The fourth-order valence-corrected chi connectivity index (χ4v) is 6.18. The number of carbonyl (C=O) groups excluding carboxylic acids is 1. The monoisotopic (exact) mass is 939 g/mol. The molecule has 4 aromatic rings. The number of rotatable bonds is 13. The van der Waals surface area contributed by atoms with Crippen LogP contribution in [0.3, 0.4) is 0 Å². The van der Waals surface area contributed by atoms with Gasteiger partial charge in [0.25, 0.3) is 17.3 Å². The Morgan fingerprint density at radius 1 is 0.852 bits per heavy atom. The lowest BCUT2D eigenvalue weighted by molar-refractivity contribution is -0.392. The molecule has 0 heterocycles. The molecule has 0 radical (unpaired) electrons. The molecule has 1 amide bonds. The van der Waals surface area contributed by atoms with Crippen molar-refractivity contribution in [3.63, 3.8) is 0 Å². The minimum Gasteiger partial charge on any atom is -0.494 e. The fourth-order valence-electron chi connectivity index (χ4n) is 5.05. The van der Waals surface area contributed by atoms with Gasteiger partial charge in [-0.05, 0) is 68.7 Å². The minimum atomic E-state index is -4.62. The largest absolute Gasteiger partial charge is 0.494 e. The summed E-state index contributed by atoms with van der Waals surface area (Å²) >= 11 is 17.1. The zero-order valence-corrected chi connectivity index (χ0v) is 35.6. The topological polar surface area (TPSA) is 260 Å². The number of alkyl halides is 3. The van der Waals surface area contributed by atoms with E-state index in [9.17, 15) is 61.5 Å². The van der Waals surface area contributed by atoms with Crippen LogP contribution in [-0.4, -0.2) is 59.6 Å². The molecule has 0 aliphatic rings. The summed E-state index contributed by atoms with van der Waals surface area (Å²) < 4.78 is 72.1. The molecule has 0 unspecified atom stereocenters. The molecule has 0 saturated heterocycles. The molecule has 18 nitrogen and oxygen atoms in total. The maximum absolute atomic E-state index is 12.7. The third-order valence-corrected chi connectivity index (χ3v) is 9.62. The van der Waals surface area contributed by atoms with Crippen molar-refractivity contribution in [2.75, 3.05) is 18.7 Å². The first-order valence-corrected chi connectivity index (χ1v) is 20.0. The van der Waals surface area contributed by atoms with Crippen LogP contribution < -0.4 is 19.5 Å². The number of nitro benzene ring substituents is 3. The van der Waals surface area contributed by atoms with Gasteiger partial charge in [-0.25, -0.2) is 17.9 Å². The zero-order valence-electron chi connectivity index (χ0n) is 32.6. The van der Waals surface area contributed by atoms with Crippen LogP contribution in [0.1, 0.15) is 64.1 Å². The van der Waals surface area contributed by atoms with Crippen molar-refractivity contribution < 1.29 is 60.5 Å². The molecule has 0 spiro atoms. The molecule has 61 heavy (non-hydrogen) atoms. The van der Waals surface area contributed by atoms with E-state index in [0.717, 1.165) is 37.1 Å². The Balaban J connectivity index is 0.000000338. The summed E-state index contributed by atoms with van der Waals surface area (Å²) in [5.74, 6) is -2.76. The number of carboxylic acids is 1. The summed E-state index contributed by atoms with van der Waals surface area (Å²) in [7, 11) is -2.66. The SMILES string of the molecule is CCC(CC)Nc1c([N+](=O)[O-])cc(C)c(C)c1[N+](=O)[O-].COc1c(Cl)ccc(Cl)c1C(=O)O.CS(=O)(=O)NC(=O)c1cc(Oc2ccc(C(F)(F)F)cc2Cl)ccc1[N+](=O)[O-]. The highest BCUT2D eigenvalue weighted by molar-refractivity contribution is 7.89. The smallest absolute Gasteiger partial charge is 0.416 e. The van der Waals surface area contributed by atoms with E-state index in [1.807, 2.05) is 13.8 Å². The number of aryl methyl sites for hydroxylation is 1. The first-order valence-electron chi connectivity index (χ1n) is 17.0. The van der Waals surface area contributed by atoms with Gasteiger partial charge in [0.15, 0.2) is 11.4 Å². The molecule has 0 atom stereocenters. The molecule has 3 N–H and O–H groups in total. The van der Waals surface area contributed by atoms with E-state index >= 15 is 0 Å². The van der Waals surface area contributed by atoms with Crippen LogP contribution in [0.4, 0.5) is 35.9 Å². The number of sulfonamides is 1. The summed E-state index contributed by atoms with van der Waals surface area (Å²) in [6.45, 7) is 7.10. The Hall–Kier alpha value is -5.97. The summed E-state index contributed by atoms with van der Waals surface area (Å²) in [6.07, 6.45) is -2.47. The molecule has 0 aromatic heterocycles. The number of carbonyl (C=O) groups is 2. The summed E-state index contributed by atoms with van der Waals surface area (Å²) in [6, 6.07) is 9.33. The summed E-state index contributed by atoms with van der Waals surface area (Å²) in [5, 5.41) is 45.2. The van der Waals surface area contributed by atoms with Gasteiger partial charge in [-0.15, -0.1) is 0 Å². The van der Waals surface area contributed by atoms with Gasteiger partial charge < -0.3 is 19.9 Å². The highest BCUT2D eigenvalue weighted by Gasteiger charge is 2.32. The van der Waals surface area contributed by atoms with Crippen molar-refractivity contribution >= 4 is 79.5 Å². The number of nitrogens with one attached hydrogen (secondary N) is 2. The Morgan fingerprint density at radius 3 is 1.87 bits per heavy atom. The number of hydrogen-bond donors (Lipinski definition) is 3. The van der Waals surface area contributed by atoms with Crippen LogP contribution in [0.5, 0.6) is 17.2 Å². The van der Waals surface area contributed by atoms with Gasteiger partial charge in [0.05, 0.1) is 48.8 Å². The van der Waals surface area contributed by atoms with Crippen LogP contribution in [-0.2, 0) is 16.2 Å². The van der Waals surface area contributed by atoms with E-state index in [1.54, 1.807) is 18.6 Å². The molecule has 4 rings (SSSR count). The molecular formula is C36H35Cl3F3N5O13S. The minimum absolute atomic E-state index is 0.0109. The first kappa shape index (κ1) is 51.2. The van der Waals surface area contributed by atoms with Gasteiger partial charge in [-0.2, -0.15) is 13.2 Å². The van der Waals surface area contributed by atoms with Gasteiger partial charge in [-0.3, -0.25) is 35.1 Å². The second kappa shape index (κ2) is 21.5. The van der Waals surface area contributed by atoms with E-state index in [0.29, 0.717) is 29.5 Å². The van der Waals surface area contributed by atoms with Crippen molar-refractivity contribution in [3.05, 3.63) is 128 Å². The Labute approximate surface area is 360 Å². The number of nitrogens with zero attached hydrogens (tertiary/aromatic N) is 3. The highest BCUT2D eigenvalue weighted by atomic mass is 35.5. The molecule has 4 aromatic carbocycles. The number of anilines is 1. The second-order valence-corrected chi connectivity index (χ2v) is 15.3. The number of aromatic carboxylic acids is 1. The van der Waals surface area contributed by atoms with Gasteiger partial charge in [0, 0.05) is 29.8 Å². The Morgan fingerprint density at radius 2 is 1.43 bits per heavy atom. The maximum Gasteiger partial charge on any atom is 0.416 e. The average molecular weight is 941 g/mol. The normalized spacial score (nSPS) is 11.0. The number of amides is 1. The molecule has 0 saturated carbocycles. The lowest BCUT2D eigenvalue weighted by Gasteiger charge is -2.17. The first-order chi connectivity index (χ1) is 28.2. The fraction of sp³-hybridized carbons (Fsp3) is 0.278. The summed E-state index contributed by atoms with van der Waals surface area (Å²) in [5.41, 5.74) is -1.90. The number of benzene rings is 4. The number of hydrogen-bond acceptors (Lipinski definition) is 13. The Kier molecular flexibility index (Phi) is 18.1. The van der Waals surface area contributed by atoms with Crippen molar-refractivity contribution in [3.8, 4) is 17.2 Å². The molecule has 0 aliphatic carbocycles. The van der Waals surface area contributed by atoms with Crippen LogP contribution in [0.2, 0.25) is 15.1 Å². The predicted octanol–water partition coefficient (Wildman–Crippen LogP) is 10.2. The third-order valence-electron chi connectivity index (χ3n) is 8.16. The lowest BCUT2D eigenvalue weighted by atomic mass is 10.0. The molecule has 330 valence electrons. The van der Waals surface area contributed by atoms with Crippen LogP contribution in [0.25, 0.3) is 0 Å². The van der Waals surface area contributed by atoms with E-state index in [1.165, 1.54) is 25.3 Å². The number of carboxylic acid groups (broad SMARTS) is 1. The van der Waals surface area contributed by atoms with E-state index in [2.05, 4.69) is 5.32 Å². The molecule has 0 bridgehead atoms. The number of nitro groups is 3. The standard InChI is InChI=1S/C15H10ClF3N2O6S.C13H19N3O4.C8H6Cl2O3/c1-28(25,26)20-14(22)10-7-9(3-4-12(10)21(23)24)27-13-5-2-8(6-11(13)16)15(17,18)19;1-5-10(6-2)14-12-11(15(17)18)7-8(3)9(4)13(12)16(19)20;1-13-7-5(10)3-2-4(9)6(7)8(11)12/h2-7H,1H3,(H,20,22);7,10,14H,5-6H2,1-4H3;2-3H,1H3,(H,11,12). The van der Waals surface area contributed by atoms with Crippen LogP contribution >= 0.6 is 34.8 Å². The maximum atomic E-state index is 12.7. The third kappa shape index (κ3) is 14.1. The molecule has 25 heteroatoms. The van der Waals surface area contributed by atoms with Gasteiger partial charge in [0.1, 0.15) is 22.6 Å². The van der Waals surface area contributed by atoms with Crippen molar-refractivity contribution in [1.82, 2.24) is 4.72 Å². The lowest BCUT2D eigenvalue weighted by Crippen LogP contribution is -2.29. The van der Waals surface area contributed by atoms with Gasteiger partial charge in [0.2, 0.25) is 10.0 Å². The number of methoxy groups -OCH3 is 1. The van der Waals surface area contributed by atoms with E-state index in [4.69, 9.17) is 49.4 Å². The molecule has 0 aliphatic heterocycles. The summed E-state index contributed by atoms with van der Waals surface area (Å²) in [4.78, 5) is 54.2. The van der Waals surface area contributed by atoms with Crippen LogP contribution in [0.15, 0.2) is 54.6 Å². The van der Waals surface area contributed by atoms with E-state index in [-0.39, 0.29) is 56.0 Å². The van der Waals surface area contributed by atoms with Crippen molar-refractivity contribution in [2.24, 2.45) is 0 Å². The molecular weight excluding hydrogens is 906 g/mol. The second-order valence-electron chi connectivity index (χ2n) is 12.4. The van der Waals surface area contributed by atoms with E-state index < -0.39 is 64.7 Å². The van der Waals surface area contributed by atoms with Crippen molar-refractivity contribution in [2.45, 2.75) is 52.8 Å². The number of ether oxygens (including phenoxy) is 2. The average Bonchev–Trinajstić information content (AvgIpc) is 3.15. The number of halogens is 6. The Bertz CT molecular complexity index is 2450. The van der Waals surface area contributed by atoms with Gasteiger partial charge in [-0.1, -0.05) is 48.7 Å². The highest BCUT2D eigenvalue weighted by Crippen LogP contribution is 2.40. The van der Waals surface area contributed by atoms with Crippen molar-refractivity contribution in [1.29, 1.82) is 0 Å².